The number of furan rings is 1. The summed E-state index contributed by atoms with van der Waals surface area (Å²) in [7, 11) is -2.22. The van der Waals surface area contributed by atoms with Crippen molar-refractivity contribution in [3.8, 4) is 17.2 Å². The molecule has 0 amide bonds. The Morgan fingerprint density at radius 2 is 1.79 bits per heavy atom. The van der Waals surface area contributed by atoms with E-state index in [0.29, 0.717) is 24.5 Å². The van der Waals surface area contributed by atoms with Crippen LogP contribution in [0.15, 0.2) is 82.1 Å². The summed E-state index contributed by atoms with van der Waals surface area (Å²) >= 11 is 0. The van der Waals surface area contributed by atoms with Crippen molar-refractivity contribution in [3.05, 3.63) is 84.1 Å². The maximum absolute atomic E-state index is 11.8. The number of fused-ring (bicyclic) bond motifs is 2. The van der Waals surface area contributed by atoms with Crippen molar-refractivity contribution in [3.63, 3.8) is 0 Å². The molecule has 0 bridgehead atoms. The lowest BCUT2D eigenvalue weighted by atomic mass is 9.88. The number of methoxy groups -OCH3 is 1. The molecule has 2 atom stereocenters. The van der Waals surface area contributed by atoms with Crippen LogP contribution in [0.5, 0.6) is 17.2 Å². The number of ether oxygens (including phenoxy) is 3. The molecule has 170 valence electrons. The van der Waals surface area contributed by atoms with Gasteiger partial charge in [-0.3, -0.25) is 0 Å². The van der Waals surface area contributed by atoms with E-state index in [2.05, 4.69) is 0 Å². The third-order valence-corrected chi connectivity index (χ3v) is 6.69. The first-order chi connectivity index (χ1) is 15.9. The van der Waals surface area contributed by atoms with Gasteiger partial charge in [-0.1, -0.05) is 36.4 Å². The molecule has 0 saturated carbocycles. The fraction of sp³-hybridized carbons (Fsp3) is 0.200. The van der Waals surface area contributed by atoms with Gasteiger partial charge >= 0.3 is 0 Å². The minimum absolute atomic E-state index is 0.0261. The molecule has 0 saturated heterocycles. The van der Waals surface area contributed by atoms with Crippen molar-refractivity contribution in [2.45, 2.75) is 23.3 Å². The summed E-state index contributed by atoms with van der Waals surface area (Å²) in [4.78, 5) is -0.0261. The smallest absolute Gasteiger partial charge is 0.238 e. The van der Waals surface area contributed by atoms with E-state index in [4.69, 9.17) is 23.8 Å². The molecule has 8 heteroatoms. The van der Waals surface area contributed by atoms with Crippen LogP contribution in [0.25, 0.3) is 11.0 Å². The number of hydrogen-bond donors (Lipinski definition) is 1. The molecule has 0 spiro atoms. The van der Waals surface area contributed by atoms with Crippen LogP contribution in [0.4, 0.5) is 0 Å². The summed E-state index contributed by atoms with van der Waals surface area (Å²) < 4.78 is 47.7. The number of nitrogens with two attached hydrogens (primary N) is 1. The second-order valence-corrected chi connectivity index (χ2v) is 9.41. The van der Waals surface area contributed by atoms with Gasteiger partial charge in [-0.2, -0.15) is 0 Å². The van der Waals surface area contributed by atoms with Gasteiger partial charge in [-0.15, -0.1) is 0 Å². The Bertz CT molecular complexity index is 1380. The molecule has 4 aromatic rings. The average Bonchev–Trinajstić information content (AvgIpc) is 3.11. The Morgan fingerprint density at radius 1 is 1.00 bits per heavy atom. The van der Waals surface area contributed by atoms with E-state index in [-0.39, 0.29) is 16.9 Å². The molecule has 3 aromatic carbocycles. The zero-order valence-electron chi connectivity index (χ0n) is 17.9. The Labute approximate surface area is 191 Å². The zero-order chi connectivity index (χ0) is 23.0. The van der Waals surface area contributed by atoms with Crippen LogP contribution in [0.2, 0.25) is 0 Å². The van der Waals surface area contributed by atoms with E-state index in [1.165, 1.54) is 12.1 Å². The summed E-state index contributed by atoms with van der Waals surface area (Å²) in [6.45, 7) is 0.331. The van der Waals surface area contributed by atoms with Gasteiger partial charge in [0.05, 0.1) is 24.5 Å². The van der Waals surface area contributed by atoms with Crippen LogP contribution < -0.4 is 19.3 Å². The summed E-state index contributed by atoms with van der Waals surface area (Å²) in [6.07, 6.45) is 0.183. The van der Waals surface area contributed by atoms with Crippen molar-refractivity contribution >= 4 is 21.0 Å². The van der Waals surface area contributed by atoms with Crippen LogP contribution >= 0.6 is 0 Å². The molecular formula is C25H23NO6S. The van der Waals surface area contributed by atoms with Crippen molar-refractivity contribution in [1.29, 1.82) is 0 Å². The molecule has 1 unspecified atom stereocenters. The Morgan fingerprint density at radius 3 is 2.58 bits per heavy atom. The van der Waals surface area contributed by atoms with E-state index in [1.54, 1.807) is 13.2 Å². The van der Waals surface area contributed by atoms with E-state index in [9.17, 15) is 8.42 Å². The van der Waals surface area contributed by atoms with Gasteiger partial charge in [0, 0.05) is 23.4 Å². The van der Waals surface area contributed by atoms with Crippen LogP contribution in [0.3, 0.4) is 0 Å². The third kappa shape index (κ3) is 4.15. The monoisotopic (exact) mass is 465 g/mol. The summed E-state index contributed by atoms with van der Waals surface area (Å²) in [5.74, 6) is 1.96. The fourth-order valence-electron chi connectivity index (χ4n) is 4.23. The molecule has 0 fully saturated rings. The second-order valence-electron chi connectivity index (χ2n) is 7.85. The highest BCUT2D eigenvalue weighted by Crippen LogP contribution is 2.42. The molecule has 2 heterocycles. The Kier molecular flexibility index (Phi) is 5.47. The van der Waals surface area contributed by atoms with Crippen LogP contribution in [-0.4, -0.2) is 28.2 Å². The van der Waals surface area contributed by atoms with Gasteiger partial charge in [-0.05, 0) is 30.3 Å². The molecule has 1 aromatic heterocycles. The maximum atomic E-state index is 11.8. The van der Waals surface area contributed by atoms with E-state index in [0.717, 1.165) is 28.0 Å². The van der Waals surface area contributed by atoms with Gasteiger partial charge in [0.1, 0.15) is 23.2 Å². The molecule has 0 radical (unpaired) electrons. The predicted molar refractivity (Wildman–Crippen MR) is 123 cm³/mol. The molecule has 7 nitrogen and oxygen atoms in total. The van der Waals surface area contributed by atoms with Gasteiger partial charge in [0.15, 0.2) is 11.5 Å². The topological polar surface area (TPSA) is 101 Å². The molecule has 1 aliphatic heterocycles. The first kappa shape index (κ1) is 21.4. The minimum atomic E-state index is -3.85. The number of rotatable bonds is 5. The highest BCUT2D eigenvalue weighted by Gasteiger charge is 2.34. The summed E-state index contributed by atoms with van der Waals surface area (Å²) in [5.41, 5.74) is 1.71. The van der Waals surface area contributed by atoms with Crippen LogP contribution in [-0.2, 0) is 10.0 Å². The minimum Gasteiger partial charge on any atom is -0.496 e. The Balaban J connectivity index is 1.61. The zero-order valence-corrected chi connectivity index (χ0v) is 18.7. The SMILES string of the molecule is COc1ccccc1[C@H](c1cc2ccccc2o1)C1CCOc2cc(S(N)(=O)=O)ccc2O1. The van der Waals surface area contributed by atoms with Crippen molar-refractivity contribution in [2.24, 2.45) is 5.14 Å². The lowest BCUT2D eigenvalue weighted by Gasteiger charge is -2.26. The van der Waals surface area contributed by atoms with Crippen LogP contribution in [0, 0.1) is 0 Å². The molecule has 5 rings (SSSR count). The van der Waals surface area contributed by atoms with Gasteiger partial charge in [0.25, 0.3) is 0 Å². The van der Waals surface area contributed by atoms with E-state index in [1.807, 2.05) is 54.6 Å². The Hall–Kier alpha value is -3.49. The first-order valence-electron chi connectivity index (χ1n) is 10.5. The van der Waals surface area contributed by atoms with Crippen molar-refractivity contribution in [2.75, 3.05) is 13.7 Å². The second kappa shape index (κ2) is 8.46. The molecule has 2 N–H and O–H groups in total. The maximum Gasteiger partial charge on any atom is 0.238 e. The van der Waals surface area contributed by atoms with E-state index < -0.39 is 10.0 Å². The number of hydrogen-bond acceptors (Lipinski definition) is 6. The fourth-order valence-corrected chi connectivity index (χ4v) is 4.76. The number of sulfonamides is 1. The van der Waals surface area contributed by atoms with Crippen molar-refractivity contribution < 1.29 is 27.0 Å². The normalized spacial score (nSPS) is 16.8. The highest BCUT2D eigenvalue weighted by molar-refractivity contribution is 7.89. The molecular weight excluding hydrogens is 442 g/mol. The predicted octanol–water partition coefficient (Wildman–Crippen LogP) is 4.45. The molecule has 1 aliphatic rings. The van der Waals surface area contributed by atoms with Gasteiger partial charge in [0.2, 0.25) is 10.0 Å². The van der Waals surface area contributed by atoms with Gasteiger partial charge in [-0.25, -0.2) is 13.6 Å². The third-order valence-electron chi connectivity index (χ3n) is 5.78. The standard InChI is InChI=1S/C25H23NO6S/c1-29-20-9-5-3-7-18(20)25(24-14-16-6-2-4-8-19(16)31-24)22-12-13-30-23-15-17(33(26,27)28)10-11-21(23)32-22/h2-11,14-15,22,25H,12-13H2,1H3,(H2,26,27,28)/t22?,25-/m0/s1. The van der Waals surface area contributed by atoms with Crippen molar-refractivity contribution in [1.82, 2.24) is 0 Å². The quantitative estimate of drug-likeness (QED) is 0.467. The number of primary sulfonamides is 1. The first-order valence-corrected chi connectivity index (χ1v) is 12.1. The van der Waals surface area contributed by atoms with E-state index >= 15 is 0 Å². The number of para-hydroxylation sites is 2. The molecule has 33 heavy (non-hydrogen) atoms. The summed E-state index contributed by atoms with van der Waals surface area (Å²) in [6, 6.07) is 22.0. The van der Waals surface area contributed by atoms with Crippen LogP contribution in [0.1, 0.15) is 23.7 Å². The number of benzene rings is 3. The largest absolute Gasteiger partial charge is 0.496 e. The van der Waals surface area contributed by atoms with Gasteiger partial charge < -0.3 is 18.6 Å². The highest BCUT2D eigenvalue weighted by atomic mass is 32.2. The lowest BCUT2D eigenvalue weighted by molar-refractivity contribution is 0.163. The molecule has 0 aliphatic carbocycles. The lowest BCUT2D eigenvalue weighted by Crippen LogP contribution is -2.27. The average molecular weight is 466 g/mol. The summed E-state index contributed by atoms with van der Waals surface area (Å²) in [5, 5.41) is 6.27.